The van der Waals surface area contributed by atoms with Gasteiger partial charge < -0.3 is 10.4 Å². The maximum Gasteiger partial charge on any atom is 0.337 e. The molecule has 92 valence electrons. The van der Waals surface area contributed by atoms with Gasteiger partial charge in [0.05, 0.1) is 29.2 Å². The number of carboxylic acids is 1. The number of benzene rings is 1. The van der Waals surface area contributed by atoms with Gasteiger partial charge in [-0.05, 0) is 18.2 Å². The van der Waals surface area contributed by atoms with Crippen LogP contribution in [0.5, 0.6) is 0 Å². The van der Waals surface area contributed by atoms with Crippen LogP contribution in [-0.4, -0.2) is 25.7 Å². The van der Waals surface area contributed by atoms with E-state index in [9.17, 15) is 9.59 Å². The number of carbonyl (C=O) groups is 2. The number of aromatic nitrogens is 2. The van der Waals surface area contributed by atoms with Gasteiger partial charge >= 0.3 is 5.97 Å². The molecule has 0 aliphatic rings. The molecular formula is C10H6ClN3O3S. The highest BCUT2D eigenvalue weighted by atomic mass is 35.5. The third kappa shape index (κ3) is 2.63. The zero-order valence-corrected chi connectivity index (χ0v) is 10.3. The summed E-state index contributed by atoms with van der Waals surface area (Å²) < 4.78 is 7.44. The molecule has 18 heavy (non-hydrogen) atoms. The van der Waals surface area contributed by atoms with Gasteiger partial charge in [0.25, 0.3) is 5.91 Å². The van der Waals surface area contributed by atoms with Crippen molar-refractivity contribution in [3.63, 3.8) is 0 Å². The second-order valence-corrected chi connectivity index (χ2v) is 4.23. The first kappa shape index (κ1) is 12.5. The minimum atomic E-state index is -1.18. The van der Waals surface area contributed by atoms with Crippen LogP contribution in [0.2, 0.25) is 5.02 Å². The van der Waals surface area contributed by atoms with Crippen molar-refractivity contribution in [2.24, 2.45) is 0 Å². The fraction of sp³-hybridized carbons (Fsp3) is 0. The lowest BCUT2D eigenvalue weighted by atomic mass is 10.1. The molecule has 0 aliphatic heterocycles. The van der Waals surface area contributed by atoms with Crippen LogP contribution in [0.25, 0.3) is 0 Å². The number of amides is 1. The maximum atomic E-state index is 11.7. The van der Waals surface area contributed by atoms with E-state index >= 15 is 0 Å². The quantitative estimate of drug-likeness (QED) is 0.900. The smallest absolute Gasteiger partial charge is 0.337 e. The number of hydrogen-bond donors (Lipinski definition) is 2. The normalized spacial score (nSPS) is 10.1. The molecule has 8 heteroatoms. The highest BCUT2D eigenvalue weighted by Crippen LogP contribution is 2.21. The molecular weight excluding hydrogens is 278 g/mol. The van der Waals surface area contributed by atoms with Crippen molar-refractivity contribution in [1.29, 1.82) is 0 Å². The van der Waals surface area contributed by atoms with Gasteiger partial charge in [-0.25, -0.2) is 4.79 Å². The first-order valence-electron chi connectivity index (χ1n) is 4.69. The second-order valence-electron chi connectivity index (χ2n) is 3.24. The topological polar surface area (TPSA) is 92.2 Å². The molecule has 0 aliphatic carbocycles. The van der Waals surface area contributed by atoms with E-state index in [2.05, 4.69) is 14.1 Å². The highest BCUT2D eigenvalue weighted by molar-refractivity contribution is 6.99. The van der Waals surface area contributed by atoms with Gasteiger partial charge in [0.15, 0.2) is 5.69 Å². The Hall–Kier alpha value is -1.99. The van der Waals surface area contributed by atoms with Crippen LogP contribution < -0.4 is 5.32 Å². The summed E-state index contributed by atoms with van der Waals surface area (Å²) in [5.41, 5.74) is 0.204. The van der Waals surface area contributed by atoms with E-state index in [0.29, 0.717) is 0 Å². The van der Waals surface area contributed by atoms with Crippen LogP contribution in [0.4, 0.5) is 5.69 Å². The molecule has 0 atom stereocenters. The summed E-state index contributed by atoms with van der Waals surface area (Å²) in [5.74, 6) is -1.70. The average molecular weight is 284 g/mol. The van der Waals surface area contributed by atoms with E-state index in [1.165, 1.54) is 24.4 Å². The van der Waals surface area contributed by atoms with Crippen LogP contribution in [-0.2, 0) is 0 Å². The minimum Gasteiger partial charge on any atom is -0.478 e. The van der Waals surface area contributed by atoms with E-state index in [-0.39, 0.29) is 22.0 Å². The summed E-state index contributed by atoms with van der Waals surface area (Å²) in [5, 5.41) is 11.7. The lowest BCUT2D eigenvalue weighted by Gasteiger charge is -2.07. The Morgan fingerprint density at radius 3 is 2.78 bits per heavy atom. The average Bonchev–Trinajstić information content (AvgIpc) is 2.84. The number of anilines is 1. The molecule has 1 amide bonds. The predicted molar refractivity (Wildman–Crippen MR) is 66.3 cm³/mol. The van der Waals surface area contributed by atoms with Crippen molar-refractivity contribution in [3.8, 4) is 0 Å². The molecule has 0 unspecified atom stereocenters. The molecule has 0 saturated heterocycles. The monoisotopic (exact) mass is 283 g/mol. The summed E-state index contributed by atoms with van der Waals surface area (Å²) in [6.07, 6.45) is 1.30. The molecule has 0 radical (unpaired) electrons. The molecule has 0 saturated carbocycles. The number of carbonyl (C=O) groups excluding carboxylic acids is 1. The van der Waals surface area contributed by atoms with Crippen molar-refractivity contribution < 1.29 is 14.7 Å². The molecule has 2 aromatic rings. The number of hydrogen-bond acceptors (Lipinski definition) is 5. The fourth-order valence-corrected chi connectivity index (χ4v) is 1.84. The van der Waals surface area contributed by atoms with E-state index in [4.69, 9.17) is 16.7 Å². The number of nitrogens with one attached hydrogen (secondary N) is 1. The van der Waals surface area contributed by atoms with Crippen LogP contribution in [0.1, 0.15) is 20.8 Å². The van der Waals surface area contributed by atoms with Crippen molar-refractivity contribution in [2.75, 3.05) is 5.32 Å². The van der Waals surface area contributed by atoms with Crippen LogP contribution >= 0.6 is 23.3 Å². The van der Waals surface area contributed by atoms with E-state index in [1.54, 1.807) is 0 Å². The van der Waals surface area contributed by atoms with Crippen molar-refractivity contribution >= 4 is 40.9 Å². The van der Waals surface area contributed by atoms with Crippen LogP contribution in [0.3, 0.4) is 0 Å². The number of carboxylic acid groups (broad SMARTS) is 1. The largest absolute Gasteiger partial charge is 0.478 e. The first-order valence-corrected chi connectivity index (χ1v) is 5.80. The van der Waals surface area contributed by atoms with E-state index in [0.717, 1.165) is 11.7 Å². The number of rotatable bonds is 3. The van der Waals surface area contributed by atoms with Gasteiger partial charge in [0.1, 0.15) is 0 Å². The molecule has 0 fully saturated rings. The minimum absolute atomic E-state index is 0.0842. The Morgan fingerprint density at radius 2 is 2.17 bits per heavy atom. The van der Waals surface area contributed by atoms with Gasteiger partial charge in [-0.1, -0.05) is 11.6 Å². The SMILES string of the molecule is O=C(Nc1ccc(Cl)cc1C(=O)O)c1cnsn1. The van der Waals surface area contributed by atoms with Gasteiger partial charge in [-0.3, -0.25) is 4.79 Å². The molecule has 6 nitrogen and oxygen atoms in total. The Kier molecular flexibility index (Phi) is 3.54. The Balaban J connectivity index is 2.29. The zero-order chi connectivity index (χ0) is 13.1. The molecule has 1 aromatic heterocycles. The van der Waals surface area contributed by atoms with Gasteiger partial charge in [0, 0.05) is 5.02 Å². The molecule has 2 rings (SSSR count). The predicted octanol–water partition coefficient (Wildman–Crippen LogP) is 2.14. The summed E-state index contributed by atoms with van der Waals surface area (Å²) in [7, 11) is 0. The highest BCUT2D eigenvalue weighted by Gasteiger charge is 2.15. The van der Waals surface area contributed by atoms with Crippen molar-refractivity contribution in [1.82, 2.24) is 8.75 Å². The summed E-state index contributed by atoms with van der Waals surface area (Å²) in [4.78, 5) is 22.7. The Morgan fingerprint density at radius 1 is 1.39 bits per heavy atom. The third-order valence-electron chi connectivity index (χ3n) is 2.05. The maximum absolute atomic E-state index is 11.7. The van der Waals surface area contributed by atoms with Gasteiger partial charge in [-0.2, -0.15) is 8.75 Å². The molecule has 0 spiro atoms. The zero-order valence-electron chi connectivity index (χ0n) is 8.75. The number of nitrogens with zero attached hydrogens (tertiary/aromatic N) is 2. The second kappa shape index (κ2) is 5.11. The Bertz CT molecular complexity index is 600. The van der Waals surface area contributed by atoms with Gasteiger partial charge in [-0.15, -0.1) is 0 Å². The lowest BCUT2D eigenvalue weighted by molar-refractivity contribution is 0.0698. The molecule has 2 N–H and O–H groups in total. The summed E-state index contributed by atoms with van der Waals surface area (Å²) in [6.45, 7) is 0. The molecule has 1 heterocycles. The molecule has 0 bridgehead atoms. The van der Waals surface area contributed by atoms with E-state index in [1.807, 2.05) is 0 Å². The van der Waals surface area contributed by atoms with Crippen molar-refractivity contribution in [2.45, 2.75) is 0 Å². The number of aromatic carboxylic acids is 1. The molecule has 1 aromatic carbocycles. The standard InChI is InChI=1S/C10H6ClN3O3S/c11-5-1-2-7(6(3-5)10(16)17)13-9(15)8-4-12-18-14-8/h1-4H,(H,13,15)(H,16,17). The first-order chi connectivity index (χ1) is 8.58. The van der Waals surface area contributed by atoms with E-state index < -0.39 is 11.9 Å². The summed E-state index contributed by atoms with van der Waals surface area (Å²) in [6, 6.07) is 4.17. The lowest BCUT2D eigenvalue weighted by Crippen LogP contribution is -2.15. The van der Waals surface area contributed by atoms with Crippen molar-refractivity contribution in [3.05, 3.63) is 40.7 Å². The Labute approximate surface area is 111 Å². The summed E-state index contributed by atoms with van der Waals surface area (Å²) >= 11 is 6.59. The third-order valence-corrected chi connectivity index (χ3v) is 2.77. The number of halogens is 1. The fourth-order valence-electron chi connectivity index (χ4n) is 1.25. The van der Waals surface area contributed by atoms with Crippen LogP contribution in [0, 0.1) is 0 Å². The van der Waals surface area contributed by atoms with Crippen LogP contribution in [0.15, 0.2) is 24.4 Å². The van der Waals surface area contributed by atoms with Gasteiger partial charge in [0.2, 0.25) is 0 Å².